The van der Waals surface area contributed by atoms with Gasteiger partial charge in [0, 0.05) is 30.4 Å². The fraction of sp³-hybridized carbons (Fsp3) is 0.222. The molecule has 0 atom stereocenters. The van der Waals surface area contributed by atoms with Crippen molar-refractivity contribution < 1.29 is 4.39 Å². The summed E-state index contributed by atoms with van der Waals surface area (Å²) in [6.07, 6.45) is 0. The van der Waals surface area contributed by atoms with Crippen molar-refractivity contribution in [3.63, 3.8) is 0 Å². The Kier molecular flexibility index (Phi) is 3.87. The van der Waals surface area contributed by atoms with Crippen LogP contribution in [0.15, 0.2) is 36.4 Å². The van der Waals surface area contributed by atoms with Gasteiger partial charge in [0.1, 0.15) is 11.6 Å². The summed E-state index contributed by atoms with van der Waals surface area (Å²) >= 11 is 0. The molecule has 0 spiro atoms. The highest BCUT2D eigenvalue weighted by atomic mass is 19.1. The number of rotatable bonds is 4. The van der Waals surface area contributed by atoms with Crippen molar-refractivity contribution in [3.8, 4) is 11.4 Å². The van der Waals surface area contributed by atoms with Crippen LogP contribution in [0, 0.1) is 19.7 Å². The molecule has 4 rings (SSSR count). The minimum atomic E-state index is -0.323. The number of hydrogen-bond acceptors (Lipinski definition) is 5. The molecule has 0 amide bonds. The second-order valence-electron chi connectivity index (χ2n) is 6.15. The van der Waals surface area contributed by atoms with Crippen LogP contribution in [-0.4, -0.2) is 29.6 Å². The molecule has 0 aliphatic carbocycles. The molecule has 0 aliphatic rings. The molecule has 0 fully saturated rings. The zero-order chi connectivity index (χ0) is 18.3. The van der Waals surface area contributed by atoms with E-state index >= 15 is 0 Å². The van der Waals surface area contributed by atoms with E-state index in [2.05, 4.69) is 25.7 Å². The quantitative estimate of drug-likeness (QED) is 0.612. The number of fused-ring (bicyclic) bond motifs is 1. The molecule has 1 aromatic carbocycles. The van der Waals surface area contributed by atoms with Crippen LogP contribution in [0.5, 0.6) is 0 Å². The number of aryl methyl sites for hydroxylation is 2. The maximum absolute atomic E-state index is 13.5. The fourth-order valence-corrected chi connectivity index (χ4v) is 2.94. The minimum Gasteiger partial charge on any atom is -0.364 e. The SMILES string of the molecule is Cc1nn(C)c(C)c1CNc1ccc2nnc(-c3cccc(F)c3)n2n1. The largest absolute Gasteiger partial charge is 0.364 e. The third kappa shape index (κ3) is 2.79. The van der Waals surface area contributed by atoms with Crippen LogP contribution >= 0.6 is 0 Å². The van der Waals surface area contributed by atoms with Gasteiger partial charge in [-0.3, -0.25) is 4.68 Å². The van der Waals surface area contributed by atoms with E-state index in [0.29, 0.717) is 29.4 Å². The molecule has 7 nitrogen and oxygen atoms in total. The van der Waals surface area contributed by atoms with Gasteiger partial charge in [-0.1, -0.05) is 12.1 Å². The molecule has 3 aromatic heterocycles. The van der Waals surface area contributed by atoms with Crippen LogP contribution in [-0.2, 0) is 13.6 Å². The number of aromatic nitrogens is 6. The molecule has 132 valence electrons. The summed E-state index contributed by atoms with van der Waals surface area (Å²) in [6.45, 7) is 4.64. The summed E-state index contributed by atoms with van der Waals surface area (Å²) < 4.78 is 17.0. The zero-order valence-corrected chi connectivity index (χ0v) is 14.7. The number of nitrogens with zero attached hydrogens (tertiary/aromatic N) is 6. The highest BCUT2D eigenvalue weighted by Gasteiger charge is 2.12. The highest BCUT2D eigenvalue weighted by Crippen LogP contribution is 2.20. The lowest BCUT2D eigenvalue weighted by Gasteiger charge is -2.07. The Bertz CT molecular complexity index is 1100. The second kappa shape index (κ2) is 6.21. The molecular formula is C18H18FN7. The topological polar surface area (TPSA) is 72.9 Å². The van der Waals surface area contributed by atoms with Gasteiger partial charge in [-0.2, -0.15) is 9.61 Å². The smallest absolute Gasteiger partial charge is 0.185 e. The lowest BCUT2D eigenvalue weighted by atomic mass is 10.2. The Morgan fingerprint density at radius 2 is 1.92 bits per heavy atom. The molecule has 26 heavy (non-hydrogen) atoms. The Morgan fingerprint density at radius 3 is 2.65 bits per heavy atom. The van der Waals surface area contributed by atoms with Gasteiger partial charge in [0.15, 0.2) is 11.5 Å². The molecule has 3 heterocycles. The molecule has 0 radical (unpaired) electrons. The van der Waals surface area contributed by atoms with Gasteiger partial charge in [0.25, 0.3) is 0 Å². The van der Waals surface area contributed by atoms with E-state index in [9.17, 15) is 4.39 Å². The Hall–Kier alpha value is -3.29. The monoisotopic (exact) mass is 351 g/mol. The minimum absolute atomic E-state index is 0.323. The average molecular weight is 351 g/mol. The van der Waals surface area contributed by atoms with Crippen molar-refractivity contribution in [2.24, 2.45) is 7.05 Å². The van der Waals surface area contributed by atoms with Crippen LogP contribution in [0.25, 0.3) is 17.0 Å². The summed E-state index contributed by atoms with van der Waals surface area (Å²) in [5.74, 6) is 0.852. The summed E-state index contributed by atoms with van der Waals surface area (Å²) in [5.41, 5.74) is 4.47. The number of benzene rings is 1. The van der Waals surface area contributed by atoms with Crippen LogP contribution in [0.3, 0.4) is 0 Å². The third-order valence-electron chi connectivity index (χ3n) is 4.45. The first kappa shape index (κ1) is 16.2. The van der Waals surface area contributed by atoms with Crippen LogP contribution in [0.1, 0.15) is 17.0 Å². The van der Waals surface area contributed by atoms with Crippen molar-refractivity contribution in [2.75, 3.05) is 5.32 Å². The van der Waals surface area contributed by atoms with E-state index in [1.54, 1.807) is 16.6 Å². The normalized spacial score (nSPS) is 11.2. The van der Waals surface area contributed by atoms with Crippen LogP contribution < -0.4 is 5.32 Å². The lowest BCUT2D eigenvalue weighted by molar-refractivity contribution is 0.628. The van der Waals surface area contributed by atoms with E-state index < -0.39 is 0 Å². The van der Waals surface area contributed by atoms with Crippen molar-refractivity contribution in [1.82, 2.24) is 29.6 Å². The maximum Gasteiger partial charge on any atom is 0.185 e. The van der Waals surface area contributed by atoms with Crippen LogP contribution in [0.4, 0.5) is 10.2 Å². The standard InChI is InChI=1S/C18H18FN7/c1-11-15(12(2)25(3)23-11)10-20-16-7-8-17-21-22-18(26(17)24-16)13-5-4-6-14(19)9-13/h4-9H,10H2,1-3H3,(H,20,24). The molecule has 0 aliphatic heterocycles. The van der Waals surface area contributed by atoms with Crippen molar-refractivity contribution >= 4 is 11.5 Å². The molecule has 0 saturated carbocycles. The van der Waals surface area contributed by atoms with E-state index in [1.165, 1.54) is 12.1 Å². The van der Waals surface area contributed by atoms with Crippen LogP contribution in [0.2, 0.25) is 0 Å². The van der Waals surface area contributed by atoms with Gasteiger partial charge in [-0.25, -0.2) is 4.39 Å². The first-order chi connectivity index (χ1) is 12.5. The molecule has 1 N–H and O–H groups in total. The van der Waals surface area contributed by atoms with Gasteiger partial charge >= 0.3 is 0 Å². The van der Waals surface area contributed by atoms with Gasteiger partial charge < -0.3 is 5.32 Å². The predicted molar refractivity (Wildman–Crippen MR) is 96.2 cm³/mol. The van der Waals surface area contributed by atoms with E-state index in [4.69, 9.17) is 0 Å². The highest BCUT2D eigenvalue weighted by molar-refractivity contribution is 5.59. The summed E-state index contributed by atoms with van der Waals surface area (Å²) in [7, 11) is 1.93. The molecule has 0 bridgehead atoms. The molecule has 8 heteroatoms. The van der Waals surface area contributed by atoms with E-state index in [-0.39, 0.29) is 5.82 Å². The Morgan fingerprint density at radius 1 is 1.08 bits per heavy atom. The number of nitrogens with one attached hydrogen (secondary N) is 1. The predicted octanol–water partition coefficient (Wildman–Crippen LogP) is 2.89. The van der Waals surface area contributed by atoms with E-state index in [1.807, 2.05) is 37.7 Å². The summed E-state index contributed by atoms with van der Waals surface area (Å²) in [6, 6.07) is 9.91. The first-order valence-electron chi connectivity index (χ1n) is 8.24. The maximum atomic E-state index is 13.5. The first-order valence-corrected chi connectivity index (χ1v) is 8.24. The number of hydrogen-bond donors (Lipinski definition) is 1. The number of anilines is 1. The van der Waals surface area contributed by atoms with Gasteiger partial charge in [-0.15, -0.1) is 15.3 Å². The van der Waals surface area contributed by atoms with Crippen molar-refractivity contribution in [2.45, 2.75) is 20.4 Å². The van der Waals surface area contributed by atoms with Gasteiger partial charge in [-0.05, 0) is 38.1 Å². The fourth-order valence-electron chi connectivity index (χ4n) is 2.94. The zero-order valence-electron chi connectivity index (χ0n) is 14.7. The second-order valence-corrected chi connectivity index (χ2v) is 6.15. The molecule has 4 aromatic rings. The van der Waals surface area contributed by atoms with Crippen molar-refractivity contribution in [3.05, 3.63) is 59.2 Å². The van der Waals surface area contributed by atoms with Gasteiger partial charge in [0.2, 0.25) is 0 Å². The molecule has 0 saturated heterocycles. The number of halogens is 1. The molecular weight excluding hydrogens is 333 g/mol. The summed E-state index contributed by atoms with van der Waals surface area (Å²) in [5, 5.41) is 20.5. The van der Waals surface area contributed by atoms with Gasteiger partial charge in [0.05, 0.1) is 5.69 Å². The summed E-state index contributed by atoms with van der Waals surface area (Å²) in [4.78, 5) is 0. The lowest BCUT2D eigenvalue weighted by Crippen LogP contribution is -2.06. The van der Waals surface area contributed by atoms with Crippen molar-refractivity contribution in [1.29, 1.82) is 0 Å². The Labute approximate surface area is 149 Å². The average Bonchev–Trinajstić information content (AvgIpc) is 3.14. The van der Waals surface area contributed by atoms with E-state index in [0.717, 1.165) is 17.0 Å². The third-order valence-corrected chi connectivity index (χ3v) is 4.45. The Balaban J connectivity index is 1.66. The molecule has 0 unspecified atom stereocenters.